The molecule has 2 N–H and O–H groups in total. The van der Waals surface area contributed by atoms with E-state index in [1.54, 1.807) is 6.92 Å². The fourth-order valence-corrected chi connectivity index (χ4v) is 1.82. The van der Waals surface area contributed by atoms with Crippen LogP contribution in [0.1, 0.15) is 50.9 Å². The largest absolute Gasteiger partial charge is 0.388 e. The topological polar surface area (TPSA) is 81.8 Å². The molecule has 0 aliphatic carbocycles. The van der Waals surface area contributed by atoms with Crippen LogP contribution in [0.4, 0.5) is 5.82 Å². The van der Waals surface area contributed by atoms with E-state index in [1.165, 1.54) is 0 Å². The summed E-state index contributed by atoms with van der Waals surface area (Å²) in [5, 5.41) is 30.6. The number of rotatable bonds is 6. The lowest BCUT2D eigenvalue weighted by atomic mass is 10.0. The smallest absolute Gasteiger partial charge is 0.167 e. The zero-order valence-corrected chi connectivity index (χ0v) is 12.1. The van der Waals surface area contributed by atoms with E-state index in [4.69, 9.17) is 0 Å². The van der Waals surface area contributed by atoms with E-state index < -0.39 is 5.60 Å². The first-order valence-corrected chi connectivity index (χ1v) is 6.73. The standard InChI is InChI=1S/C14H22N4O/c1-5-10-11(8-15)13(18-17-12(10)6-2)16-9-14(4,19)7-3/h19H,5-7,9H2,1-4H3,(H,16,18). The van der Waals surface area contributed by atoms with Crippen molar-refractivity contribution in [3.05, 3.63) is 16.8 Å². The molecule has 5 nitrogen and oxygen atoms in total. The molecule has 0 radical (unpaired) electrons. The second-order valence-electron chi connectivity index (χ2n) is 4.87. The summed E-state index contributed by atoms with van der Waals surface area (Å²) in [5.41, 5.74) is 1.54. The maximum Gasteiger partial charge on any atom is 0.167 e. The Balaban J connectivity index is 3.06. The molecule has 1 heterocycles. The number of nitrogens with one attached hydrogen (secondary N) is 1. The molecule has 5 heteroatoms. The lowest BCUT2D eigenvalue weighted by molar-refractivity contribution is 0.0696. The van der Waals surface area contributed by atoms with Gasteiger partial charge in [-0.15, -0.1) is 5.10 Å². The van der Waals surface area contributed by atoms with E-state index in [0.29, 0.717) is 24.3 Å². The van der Waals surface area contributed by atoms with Gasteiger partial charge in [-0.2, -0.15) is 10.4 Å². The first-order valence-electron chi connectivity index (χ1n) is 6.73. The second-order valence-corrected chi connectivity index (χ2v) is 4.87. The van der Waals surface area contributed by atoms with Crippen molar-refractivity contribution < 1.29 is 5.11 Å². The molecule has 0 saturated heterocycles. The zero-order chi connectivity index (χ0) is 14.5. The Morgan fingerprint density at radius 3 is 2.42 bits per heavy atom. The van der Waals surface area contributed by atoms with Crippen molar-refractivity contribution in [2.24, 2.45) is 0 Å². The fourth-order valence-electron chi connectivity index (χ4n) is 1.82. The summed E-state index contributed by atoms with van der Waals surface area (Å²) in [6, 6.07) is 2.20. The highest BCUT2D eigenvalue weighted by atomic mass is 16.3. The molecule has 0 spiro atoms. The third kappa shape index (κ3) is 3.65. The number of anilines is 1. The first-order chi connectivity index (χ1) is 8.99. The van der Waals surface area contributed by atoms with Crippen molar-refractivity contribution in [1.29, 1.82) is 5.26 Å². The van der Waals surface area contributed by atoms with Crippen LogP contribution >= 0.6 is 0 Å². The molecule has 1 aromatic heterocycles. The van der Waals surface area contributed by atoms with Gasteiger partial charge in [0, 0.05) is 6.54 Å². The van der Waals surface area contributed by atoms with Crippen LogP contribution < -0.4 is 5.32 Å². The van der Waals surface area contributed by atoms with Gasteiger partial charge in [0.1, 0.15) is 11.6 Å². The molecule has 0 aromatic carbocycles. The maximum atomic E-state index is 9.98. The molecule has 0 amide bonds. The summed E-state index contributed by atoms with van der Waals surface area (Å²) >= 11 is 0. The van der Waals surface area contributed by atoms with Gasteiger partial charge in [-0.3, -0.25) is 0 Å². The van der Waals surface area contributed by atoms with Gasteiger partial charge in [-0.25, -0.2) is 0 Å². The van der Waals surface area contributed by atoms with Crippen LogP contribution in [0.5, 0.6) is 0 Å². The minimum atomic E-state index is -0.815. The predicted octanol–water partition coefficient (Wildman–Crippen LogP) is 2.05. The van der Waals surface area contributed by atoms with Crippen LogP contribution in [0.2, 0.25) is 0 Å². The van der Waals surface area contributed by atoms with E-state index >= 15 is 0 Å². The molecule has 104 valence electrons. The minimum Gasteiger partial charge on any atom is -0.388 e. The second kappa shape index (κ2) is 6.48. The van der Waals surface area contributed by atoms with Crippen molar-refractivity contribution in [3.8, 4) is 6.07 Å². The Hall–Kier alpha value is -1.67. The van der Waals surface area contributed by atoms with Crippen LogP contribution in [-0.2, 0) is 12.8 Å². The summed E-state index contributed by atoms with van der Waals surface area (Å²) < 4.78 is 0. The highest BCUT2D eigenvalue weighted by Gasteiger charge is 2.20. The van der Waals surface area contributed by atoms with Crippen LogP contribution in [0.15, 0.2) is 0 Å². The number of nitriles is 1. The lowest BCUT2D eigenvalue weighted by Gasteiger charge is -2.22. The molecule has 0 fully saturated rings. The molecule has 1 unspecified atom stereocenters. The Labute approximate surface area is 114 Å². The van der Waals surface area contributed by atoms with Crippen molar-refractivity contribution >= 4 is 5.82 Å². The Morgan fingerprint density at radius 2 is 1.95 bits per heavy atom. The van der Waals surface area contributed by atoms with Gasteiger partial charge in [0.15, 0.2) is 5.82 Å². The molecule has 1 aromatic rings. The normalized spacial score (nSPS) is 13.7. The average molecular weight is 262 g/mol. The van der Waals surface area contributed by atoms with E-state index in [0.717, 1.165) is 24.1 Å². The molecule has 1 atom stereocenters. The van der Waals surface area contributed by atoms with Crippen LogP contribution in [0.25, 0.3) is 0 Å². The van der Waals surface area contributed by atoms with E-state index in [1.807, 2.05) is 20.8 Å². The minimum absolute atomic E-state index is 0.349. The zero-order valence-electron chi connectivity index (χ0n) is 12.1. The highest BCUT2D eigenvalue weighted by molar-refractivity contribution is 5.56. The summed E-state index contributed by atoms with van der Waals surface area (Å²) in [6.07, 6.45) is 2.14. The quantitative estimate of drug-likeness (QED) is 0.820. The fraction of sp³-hybridized carbons (Fsp3) is 0.643. The molecular weight excluding hydrogens is 240 g/mol. The Morgan fingerprint density at radius 1 is 1.26 bits per heavy atom. The van der Waals surface area contributed by atoms with Crippen molar-refractivity contribution in [1.82, 2.24) is 10.2 Å². The average Bonchev–Trinajstić information content (AvgIpc) is 2.43. The Bertz CT molecular complexity index is 477. The van der Waals surface area contributed by atoms with Crippen LogP contribution in [-0.4, -0.2) is 27.4 Å². The van der Waals surface area contributed by atoms with Gasteiger partial charge < -0.3 is 10.4 Å². The molecule has 0 aliphatic heterocycles. The summed E-state index contributed by atoms with van der Waals surface area (Å²) in [6.45, 7) is 8.01. The first kappa shape index (κ1) is 15.4. The van der Waals surface area contributed by atoms with Gasteiger partial charge in [0.05, 0.1) is 11.3 Å². The maximum absolute atomic E-state index is 9.98. The van der Waals surface area contributed by atoms with Gasteiger partial charge >= 0.3 is 0 Å². The number of aromatic nitrogens is 2. The molecular formula is C14H22N4O. The number of aryl methyl sites for hydroxylation is 1. The molecule has 0 saturated carbocycles. The number of hydrogen-bond donors (Lipinski definition) is 2. The van der Waals surface area contributed by atoms with E-state index in [9.17, 15) is 10.4 Å². The van der Waals surface area contributed by atoms with E-state index in [-0.39, 0.29) is 0 Å². The summed E-state index contributed by atoms with van der Waals surface area (Å²) in [7, 11) is 0. The van der Waals surface area contributed by atoms with Gasteiger partial charge in [-0.05, 0) is 31.7 Å². The summed E-state index contributed by atoms with van der Waals surface area (Å²) in [5.74, 6) is 0.463. The van der Waals surface area contributed by atoms with Gasteiger partial charge in [0.25, 0.3) is 0 Å². The van der Waals surface area contributed by atoms with E-state index in [2.05, 4.69) is 21.6 Å². The molecule has 1 rings (SSSR count). The highest BCUT2D eigenvalue weighted by Crippen LogP contribution is 2.20. The summed E-state index contributed by atoms with van der Waals surface area (Å²) in [4.78, 5) is 0. The number of hydrogen-bond acceptors (Lipinski definition) is 5. The third-order valence-corrected chi connectivity index (χ3v) is 3.36. The Kier molecular flexibility index (Phi) is 5.25. The molecule has 0 bridgehead atoms. The van der Waals surface area contributed by atoms with Crippen molar-refractivity contribution in [2.75, 3.05) is 11.9 Å². The van der Waals surface area contributed by atoms with Crippen molar-refractivity contribution in [3.63, 3.8) is 0 Å². The molecule has 0 aliphatic rings. The van der Waals surface area contributed by atoms with Gasteiger partial charge in [0.2, 0.25) is 0 Å². The lowest BCUT2D eigenvalue weighted by Crippen LogP contribution is -2.33. The van der Waals surface area contributed by atoms with Crippen LogP contribution in [0.3, 0.4) is 0 Å². The van der Waals surface area contributed by atoms with Crippen molar-refractivity contribution in [2.45, 2.75) is 52.6 Å². The van der Waals surface area contributed by atoms with Crippen LogP contribution in [0, 0.1) is 11.3 Å². The molecule has 19 heavy (non-hydrogen) atoms. The number of aliphatic hydroxyl groups is 1. The predicted molar refractivity (Wildman–Crippen MR) is 74.9 cm³/mol. The number of nitrogens with zero attached hydrogens (tertiary/aromatic N) is 3. The monoisotopic (exact) mass is 262 g/mol. The third-order valence-electron chi connectivity index (χ3n) is 3.36. The van der Waals surface area contributed by atoms with Gasteiger partial charge in [-0.1, -0.05) is 20.8 Å². The SMILES string of the molecule is CCc1nnc(NCC(C)(O)CC)c(C#N)c1CC.